The molecule has 1 saturated carbocycles. The number of carbonyl (C=O) groups is 3. The maximum absolute atomic E-state index is 12.7. The third-order valence-electron chi connectivity index (χ3n) is 5.59. The van der Waals surface area contributed by atoms with Crippen molar-refractivity contribution < 1.29 is 19.5 Å². The van der Waals surface area contributed by atoms with Gasteiger partial charge in [-0.05, 0) is 62.8 Å². The molecule has 6 nitrogen and oxygen atoms in total. The summed E-state index contributed by atoms with van der Waals surface area (Å²) in [6.07, 6.45) is 4.16. The van der Waals surface area contributed by atoms with Gasteiger partial charge in [-0.1, -0.05) is 11.6 Å². The molecule has 0 radical (unpaired) electrons. The number of benzene rings is 1. The van der Waals surface area contributed by atoms with Crippen LogP contribution in [0.25, 0.3) is 0 Å². The Bertz CT molecular complexity index is 698. The molecule has 1 saturated heterocycles. The number of hydrogen-bond acceptors (Lipinski definition) is 3. The first-order valence-electron chi connectivity index (χ1n) is 9.52. The third kappa shape index (κ3) is 5.01. The number of carbonyl (C=O) groups excluding carboxylic acids is 2. The molecule has 1 heterocycles. The molecule has 2 amide bonds. The molecule has 1 aromatic carbocycles. The van der Waals surface area contributed by atoms with Crippen molar-refractivity contribution in [2.45, 2.75) is 44.6 Å². The van der Waals surface area contributed by atoms with E-state index >= 15 is 0 Å². The minimum absolute atomic E-state index is 0.0256. The van der Waals surface area contributed by atoms with Crippen LogP contribution < -0.4 is 5.32 Å². The Morgan fingerprint density at radius 3 is 2.30 bits per heavy atom. The van der Waals surface area contributed by atoms with Crippen LogP contribution in [-0.2, 0) is 9.59 Å². The highest BCUT2D eigenvalue weighted by Crippen LogP contribution is 2.26. The monoisotopic (exact) mass is 392 g/mol. The summed E-state index contributed by atoms with van der Waals surface area (Å²) in [7, 11) is 0. The van der Waals surface area contributed by atoms with Gasteiger partial charge in [-0.25, -0.2) is 0 Å². The van der Waals surface area contributed by atoms with Crippen molar-refractivity contribution in [1.29, 1.82) is 0 Å². The number of rotatable bonds is 4. The standard InChI is InChI=1S/C20H25ClN2O4/c21-16-7-3-13(4-8-16)19(25)23-11-1-2-15(12-23)18(24)22-17-9-5-14(6-10-17)20(26)27/h3-4,7-8,14-15,17H,1-2,5-6,9-12H2,(H,22,24)(H,26,27). The fraction of sp³-hybridized carbons (Fsp3) is 0.550. The second kappa shape index (κ2) is 8.74. The van der Waals surface area contributed by atoms with Gasteiger partial charge in [0.05, 0.1) is 11.8 Å². The maximum Gasteiger partial charge on any atom is 0.306 e. The molecule has 2 N–H and O–H groups in total. The highest BCUT2D eigenvalue weighted by Gasteiger charge is 2.32. The molecule has 1 unspecified atom stereocenters. The number of carboxylic acids is 1. The number of halogens is 1. The lowest BCUT2D eigenvalue weighted by Crippen LogP contribution is -2.48. The summed E-state index contributed by atoms with van der Waals surface area (Å²) in [5.41, 5.74) is 0.576. The smallest absolute Gasteiger partial charge is 0.306 e. The zero-order valence-electron chi connectivity index (χ0n) is 15.2. The van der Waals surface area contributed by atoms with Gasteiger partial charge in [0.2, 0.25) is 5.91 Å². The van der Waals surface area contributed by atoms with Gasteiger partial charge >= 0.3 is 5.97 Å². The van der Waals surface area contributed by atoms with E-state index in [2.05, 4.69) is 5.32 Å². The molecule has 1 aliphatic carbocycles. The topological polar surface area (TPSA) is 86.7 Å². The molecule has 2 fully saturated rings. The van der Waals surface area contributed by atoms with E-state index in [0.717, 1.165) is 12.8 Å². The molecule has 1 aromatic rings. The summed E-state index contributed by atoms with van der Waals surface area (Å²) in [4.78, 5) is 38.1. The number of amides is 2. The van der Waals surface area contributed by atoms with Crippen molar-refractivity contribution in [2.75, 3.05) is 13.1 Å². The largest absolute Gasteiger partial charge is 0.481 e. The normalized spacial score (nSPS) is 25.7. The molecule has 0 spiro atoms. The van der Waals surface area contributed by atoms with Crippen molar-refractivity contribution in [1.82, 2.24) is 10.2 Å². The van der Waals surface area contributed by atoms with Crippen molar-refractivity contribution >= 4 is 29.4 Å². The number of hydrogen-bond donors (Lipinski definition) is 2. The van der Waals surface area contributed by atoms with E-state index < -0.39 is 5.97 Å². The summed E-state index contributed by atoms with van der Waals surface area (Å²) in [6.45, 7) is 1.06. The molecule has 146 valence electrons. The van der Waals surface area contributed by atoms with Crippen molar-refractivity contribution in [3.05, 3.63) is 34.9 Å². The van der Waals surface area contributed by atoms with E-state index in [-0.39, 0.29) is 29.7 Å². The highest BCUT2D eigenvalue weighted by molar-refractivity contribution is 6.30. The molecule has 0 aromatic heterocycles. The van der Waals surface area contributed by atoms with Gasteiger partial charge in [0.25, 0.3) is 5.91 Å². The average Bonchev–Trinajstić information content (AvgIpc) is 2.68. The quantitative estimate of drug-likeness (QED) is 0.824. The Hall–Kier alpha value is -2.08. The summed E-state index contributed by atoms with van der Waals surface area (Å²) in [5.74, 6) is -1.36. The van der Waals surface area contributed by atoms with Crippen molar-refractivity contribution in [3.63, 3.8) is 0 Å². The first-order chi connectivity index (χ1) is 12.9. The lowest BCUT2D eigenvalue weighted by atomic mass is 9.85. The predicted molar refractivity (Wildman–Crippen MR) is 102 cm³/mol. The number of nitrogens with one attached hydrogen (secondary N) is 1. The molecule has 1 atom stereocenters. The van der Waals surface area contributed by atoms with Crippen LogP contribution in [0, 0.1) is 11.8 Å². The first kappa shape index (κ1) is 19.7. The first-order valence-corrected chi connectivity index (χ1v) is 9.90. The van der Waals surface area contributed by atoms with Crippen LogP contribution in [0.2, 0.25) is 5.02 Å². The third-order valence-corrected chi connectivity index (χ3v) is 5.85. The number of carboxylic acid groups (broad SMARTS) is 1. The number of nitrogens with zero attached hydrogens (tertiary/aromatic N) is 1. The van der Waals surface area contributed by atoms with Gasteiger partial charge in [-0.2, -0.15) is 0 Å². The van der Waals surface area contributed by atoms with Crippen LogP contribution in [0.15, 0.2) is 24.3 Å². The van der Waals surface area contributed by atoms with Crippen LogP contribution in [0.1, 0.15) is 48.9 Å². The predicted octanol–water partition coefficient (Wildman–Crippen LogP) is 2.95. The molecular formula is C20H25ClN2O4. The van der Waals surface area contributed by atoms with Crippen LogP contribution >= 0.6 is 11.6 Å². The summed E-state index contributed by atoms with van der Waals surface area (Å²) < 4.78 is 0. The molecule has 0 bridgehead atoms. The van der Waals surface area contributed by atoms with Crippen molar-refractivity contribution in [3.8, 4) is 0 Å². The molecule has 7 heteroatoms. The summed E-state index contributed by atoms with van der Waals surface area (Å²) in [5, 5.41) is 12.7. The maximum atomic E-state index is 12.7. The fourth-order valence-electron chi connectivity index (χ4n) is 3.95. The zero-order chi connectivity index (χ0) is 19.4. The Kier molecular flexibility index (Phi) is 6.37. The number of piperidine rings is 1. The zero-order valence-corrected chi connectivity index (χ0v) is 16.0. The van der Waals surface area contributed by atoms with Crippen LogP contribution in [0.5, 0.6) is 0 Å². The van der Waals surface area contributed by atoms with E-state index in [0.29, 0.717) is 49.4 Å². The molecular weight excluding hydrogens is 368 g/mol. The molecule has 2 aliphatic rings. The molecule has 27 heavy (non-hydrogen) atoms. The van der Waals surface area contributed by atoms with Crippen molar-refractivity contribution in [2.24, 2.45) is 11.8 Å². The van der Waals surface area contributed by atoms with Gasteiger partial charge in [0.15, 0.2) is 0 Å². The second-order valence-corrected chi connectivity index (χ2v) is 7.93. The van der Waals surface area contributed by atoms with Gasteiger partial charge in [-0.15, -0.1) is 0 Å². The van der Waals surface area contributed by atoms with Gasteiger partial charge in [-0.3, -0.25) is 14.4 Å². The lowest BCUT2D eigenvalue weighted by Gasteiger charge is -2.34. The second-order valence-electron chi connectivity index (χ2n) is 7.49. The van der Waals surface area contributed by atoms with Crippen LogP contribution in [0.3, 0.4) is 0 Å². The van der Waals surface area contributed by atoms with Crippen LogP contribution in [-0.4, -0.2) is 46.9 Å². The minimum Gasteiger partial charge on any atom is -0.481 e. The Balaban J connectivity index is 1.53. The van der Waals surface area contributed by atoms with Gasteiger partial charge in [0, 0.05) is 29.7 Å². The van der Waals surface area contributed by atoms with E-state index in [1.807, 2.05) is 0 Å². The SMILES string of the molecule is O=C(O)C1CCC(NC(=O)C2CCCN(C(=O)c3ccc(Cl)cc3)C2)CC1. The molecule has 1 aliphatic heterocycles. The molecule has 3 rings (SSSR count). The Morgan fingerprint density at radius 1 is 1.00 bits per heavy atom. The highest BCUT2D eigenvalue weighted by atomic mass is 35.5. The average molecular weight is 393 g/mol. The number of aliphatic carboxylic acids is 1. The van der Waals surface area contributed by atoms with Gasteiger partial charge < -0.3 is 15.3 Å². The van der Waals surface area contributed by atoms with Gasteiger partial charge in [0.1, 0.15) is 0 Å². The lowest BCUT2D eigenvalue weighted by molar-refractivity contribution is -0.142. The fourth-order valence-corrected chi connectivity index (χ4v) is 4.08. The van der Waals surface area contributed by atoms with Crippen LogP contribution in [0.4, 0.5) is 0 Å². The van der Waals surface area contributed by atoms with E-state index in [1.54, 1.807) is 29.2 Å². The van der Waals surface area contributed by atoms with E-state index in [1.165, 1.54) is 0 Å². The van der Waals surface area contributed by atoms with E-state index in [4.69, 9.17) is 16.7 Å². The minimum atomic E-state index is -0.747. The Labute approximate surface area is 163 Å². The Morgan fingerprint density at radius 2 is 1.67 bits per heavy atom. The summed E-state index contributed by atoms with van der Waals surface area (Å²) in [6, 6.07) is 6.83. The summed E-state index contributed by atoms with van der Waals surface area (Å²) >= 11 is 5.88. The number of likely N-dealkylation sites (tertiary alicyclic amines) is 1. The van der Waals surface area contributed by atoms with E-state index in [9.17, 15) is 14.4 Å².